The van der Waals surface area contributed by atoms with E-state index in [-0.39, 0.29) is 9.92 Å². The van der Waals surface area contributed by atoms with Gasteiger partial charge in [-0.3, -0.25) is 0 Å². The van der Waals surface area contributed by atoms with Gasteiger partial charge in [-0.05, 0) is 19.1 Å². The van der Waals surface area contributed by atoms with Crippen molar-refractivity contribution in [3.63, 3.8) is 0 Å². The zero-order valence-corrected chi connectivity index (χ0v) is 9.38. The molecule has 1 unspecified atom stereocenters. The highest BCUT2D eigenvalue weighted by Crippen LogP contribution is 2.24. The standard InChI is InChI=1S/C9H8ClO4S/c1-7(14-6-11)15(12,13)9-5-3-2-4-8(9)10/h2-5,7H,1H3. The van der Waals surface area contributed by atoms with Crippen molar-refractivity contribution in [2.45, 2.75) is 17.3 Å². The molecule has 0 aromatic heterocycles. The van der Waals surface area contributed by atoms with E-state index in [4.69, 9.17) is 11.6 Å². The number of halogens is 1. The largest absolute Gasteiger partial charge is 0.437 e. The van der Waals surface area contributed by atoms with Crippen molar-refractivity contribution in [1.82, 2.24) is 0 Å². The molecular weight excluding hydrogens is 240 g/mol. The molecule has 0 N–H and O–H groups in total. The molecule has 0 saturated carbocycles. The fraction of sp³-hybridized carbons (Fsp3) is 0.222. The fourth-order valence-electron chi connectivity index (χ4n) is 0.985. The van der Waals surface area contributed by atoms with Gasteiger partial charge in [0.2, 0.25) is 15.3 Å². The van der Waals surface area contributed by atoms with E-state index in [2.05, 4.69) is 4.74 Å². The van der Waals surface area contributed by atoms with Crippen LogP contribution in [-0.2, 0) is 19.4 Å². The number of hydrogen-bond acceptors (Lipinski definition) is 4. The number of carbonyl (C=O) groups excluding carboxylic acids is 1. The van der Waals surface area contributed by atoms with Gasteiger partial charge in [0.05, 0.1) is 9.92 Å². The van der Waals surface area contributed by atoms with Crippen molar-refractivity contribution in [2.75, 3.05) is 0 Å². The summed E-state index contributed by atoms with van der Waals surface area (Å²) >= 11 is 5.72. The van der Waals surface area contributed by atoms with Crippen LogP contribution in [0.15, 0.2) is 29.2 Å². The summed E-state index contributed by atoms with van der Waals surface area (Å²) in [6.45, 7) is 2.33. The number of rotatable bonds is 4. The average Bonchev–Trinajstić information content (AvgIpc) is 2.18. The topological polar surface area (TPSA) is 60.4 Å². The lowest BCUT2D eigenvalue weighted by atomic mass is 10.4. The normalized spacial score (nSPS) is 13.2. The molecule has 81 valence electrons. The van der Waals surface area contributed by atoms with Gasteiger partial charge < -0.3 is 4.74 Å². The van der Waals surface area contributed by atoms with Gasteiger partial charge in [-0.25, -0.2) is 13.2 Å². The zero-order chi connectivity index (χ0) is 11.5. The predicted molar refractivity (Wildman–Crippen MR) is 54.9 cm³/mol. The highest BCUT2D eigenvalue weighted by molar-refractivity contribution is 7.92. The van der Waals surface area contributed by atoms with Gasteiger partial charge in [0.15, 0.2) is 0 Å². The maximum absolute atomic E-state index is 11.8. The highest BCUT2D eigenvalue weighted by atomic mass is 35.5. The van der Waals surface area contributed by atoms with Crippen molar-refractivity contribution in [3.05, 3.63) is 29.3 Å². The number of benzene rings is 1. The van der Waals surface area contributed by atoms with Gasteiger partial charge in [-0.2, -0.15) is 0 Å². The molecule has 0 aliphatic carbocycles. The molecule has 6 heteroatoms. The first kappa shape index (κ1) is 12.0. The molecule has 0 aliphatic rings. The Hall–Kier alpha value is -1.07. The van der Waals surface area contributed by atoms with E-state index in [1.165, 1.54) is 25.1 Å². The molecular formula is C9H8ClO4S. The van der Waals surface area contributed by atoms with Crippen LogP contribution >= 0.6 is 11.6 Å². The van der Waals surface area contributed by atoms with Crippen LogP contribution in [0, 0.1) is 0 Å². The summed E-state index contributed by atoms with van der Waals surface area (Å²) in [6, 6.07) is 5.95. The lowest BCUT2D eigenvalue weighted by Crippen LogP contribution is -2.21. The Morgan fingerprint density at radius 3 is 2.53 bits per heavy atom. The van der Waals surface area contributed by atoms with Gasteiger partial charge in [-0.15, -0.1) is 0 Å². The molecule has 1 rings (SSSR count). The SMILES string of the molecule is CC(O[C]=O)S(=O)(=O)c1ccccc1Cl. The van der Waals surface area contributed by atoms with E-state index in [0.717, 1.165) is 6.47 Å². The molecule has 15 heavy (non-hydrogen) atoms. The lowest BCUT2D eigenvalue weighted by Gasteiger charge is -2.11. The Labute approximate surface area is 92.7 Å². The third-order valence-electron chi connectivity index (χ3n) is 1.79. The minimum absolute atomic E-state index is 0.0607. The van der Waals surface area contributed by atoms with Crippen LogP contribution < -0.4 is 0 Å². The third kappa shape index (κ3) is 2.49. The molecule has 1 aromatic carbocycles. The smallest absolute Gasteiger partial charge is 0.418 e. The van der Waals surface area contributed by atoms with E-state index in [1.54, 1.807) is 6.07 Å². The van der Waals surface area contributed by atoms with E-state index >= 15 is 0 Å². The molecule has 0 amide bonds. The Morgan fingerprint density at radius 1 is 1.40 bits per heavy atom. The Bertz CT molecular complexity index is 455. The second-order valence-corrected chi connectivity index (χ2v) is 5.35. The molecule has 0 saturated heterocycles. The van der Waals surface area contributed by atoms with Gasteiger partial charge in [0.1, 0.15) is 0 Å². The van der Waals surface area contributed by atoms with Crippen LogP contribution in [0.3, 0.4) is 0 Å². The third-order valence-corrected chi connectivity index (χ3v) is 4.18. The van der Waals surface area contributed by atoms with E-state index in [9.17, 15) is 13.2 Å². The predicted octanol–water partition coefficient (Wildman–Crippen LogP) is 1.54. The van der Waals surface area contributed by atoms with Crippen LogP contribution in [0.1, 0.15) is 6.92 Å². The molecule has 0 aliphatic heterocycles. The molecule has 1 radical (unpaired) electrons. The second-order valence-electron chi connectivity index (χ2n) is 2.74. The number of hydrogen-bond donors (Lipinski definition) is 0. The van der Waals surface area contributed by atoms with Crippen LogP contribution in [-0.4, -0.2) is 20.3 Å². The molecule has 0 spiro atoms. The van der Waals surface area contributed by atoms with Crippen molar-refractivity contribution in [3.8, 4) is 0 Å². The first-order chi connectivity index (χ1) is 7.00. The van der Waals surface area contributed by atoms with Crippen molar-refractivity contribution >= 4 is 27.9 Å². The minimum atomic E-state index is -3.75. The Kier molecular flexibility index (Phi) is 3.71. The molecule has 0 bridgehead atoms. The summed E-state index contributed by atoms with van der Waals surface area (Å²) in [7, 11) is -3.75. The summed E-state index contributed by atoms with van der Waals surface area (Å²) in [4.78, 5) is 9.87. The fourth-order valence-corrected chi connectivity index (χ4v) is 2.58. The van der Waals surface area contributed by atoms with Gasteiger partial charge in [0, 0.05) is 0 Å². The van der Waals surface area contributed by atoms with Crippen LogP contribution in [0.4, 0.5) is 0 Å². The number of sulfone groups is 1. The zero-order valence-electron chi connectivity index (χ0n) is 7.81. The Balaban J connectivity index is 3.17. The first-order valence-corrected chi connectivity index (χ1v) is 5.94. The summed E-state index contributed by atoms with van der Waals surface area (Å²) in [5, 5.41) is 0.0962. The summed E-state index contributed by atoms with van der Waals surface area (Å²) in [5.41, 5.74) is -1.30. The van der Waals surface area contributed by atoms with E-state index < -0.39 is 15.3 Å². The Morgan fingerprint density at radius 2 is 2.00 bits per heavy atom. The van der Waals surface area contributed by atoms with Gasteiger partial charge >= 0.3 is 6.47 Å². The highest BCUT2D eigenvalue weighted by Gasteiger charge is 2.26. The second kappa shape index (κ2) is 4.63. The molecule has 0 fully saturated rings. The maximum Gasteiger partial charge on any atom is 0.418 e. The summed E-state index contributed by atoms with van der Waals surface area (Å²) in [6.07, 6.45) is 0. The molecule has 4 nitrogen and oxygen atoms in total. The lowest BCUT2D eigenvalue weighted by molar-refractivity contribution is 0.257. The van der Waals surface area contributed by atoms with Gasteiger partial charge in [0.25, 0.3) is 0 Å². The minimum Gasteiger partial charge on any atom is -0.437 e. The molecule has 1 aromatic rings. The van der Waals surface area contributed by atoms with Crippen molar-refractivity contribution in [1.29, 1.82) is 0 Å². The maximum atomic E-state index is 11.8. The van der Waals surface area contributed by atoms with Gasteiger partial charge in [-0.1, -0.05) is 23.7 Å². The summed E-state index contributed by atoms with van der Waals surface area (Å²) in [5.74, 6) is 0. The molecule has 0 heterocycles. The van der Waals surface area contributed by atoms with Crippen LogP contribution in [0.2, 0.25) is 5.02 Å². The average molecular weight is 248 g/mol. The van der Waals surface area contributed by atoms with Crippen LogP contribution in [0.25, 0.3) is 0 Å². The van der Waals surface area contributed by atoms with E-state index in [0.29, 0.717) is 0 Å². The summed E-state index contributed by atoms with van der Waals surface area (Å²) < 4.78 is 27.8. The van der Waals surface area contributed by atoms with Crippen molar-refractivity contribution in [2.24, 2.45) is 0 Å². The van der Waals surface area contributed by atoms with Crippen LogP contribution in [0.5, 0.6) is 0 Å². The first-order valence-electron chi connectivity index (χ1n) is 4.01. The number of ether oxygens (including phenoxy) is 1. The quantitative estimate of drug-likeness (QED) is 0.810. The molecule has 1 atom stereocenters. The van der Waals surface area contributed by atoms with Crippen molar-refractivity contribution < 1.29 is 17.9 Å². The van der Waals surface area contributed by atoms with E-state index in [1.807, 2.05) is 0 Å². The monoisotopic (exact) mass is 247 g/mol.